The van der Waals surface area contributed by atoms with Crippen LogP contribution in [-0.2, 0) is 10.5 Å². The maximum absolute atomic E-state index is 9.47. The van der Waals surface area contributed by atoms with Crippen molar-refractivity contribution in [2.45, 2.75) is 0 Å². The van der Waals surface area contributed by atoms with Crippen LogP contribution in [0.2, 0.25) is 0 Å². The molecule has 0 aromatic rings. The molecule has 0 heterocycles. The summed E-state index contributed by atoms with van der Waals surface area (Å²) in [6.07, 6.45) is 0. The normalized spacial score (nSPS) is 6.50. The van der Waals surface area contributed by atoms with Crippen LogP contribution in [0, 0.1) is 0 Å². The molecule has 0 bridgehead atoms. The van der Waals surface area contributed by atoms with E-state index in [-0.39, 0.29) is 8.41 Å². The average molecular weight is 133 g/mol. The first-order chi connectivity index (χ1) is 3.13. The molecule has 0 rings (SSSR count). The van der Waals surface area contributed by atoms with Gasteiger partial charge in [-0.3, -0.25) is 0 Å². The second-order valence-corrected chi connectivity index (χ2v) is 1.26. The monoisotopic (exact) mass is 133 g/mol. The number of hydrogen-bond donors (Lipinski definition) is 1. The third kappa shape index (κ3) is 8.94. The molecule has 0 fully saturated rings. The highest BCUT2D eigenvalue weighted by molar-refractivity contribution is 7.62. The standard InChI is InChI=1S/CH2N2O3S.B/c2-1(4)3-7(5)6;/h(H2,2,4);. The second-order valence-electron chi connectivity index (χ2n) is 0.647. The topological polar surface area (TPSA) is 89.6 Å². The number of carbonyl (C=O) groups excluding carboxylic acids is 1. The van der Waals surface area contributed by atoms with Crippen molar-refractivity contribution in [3.63, 3.8) is 0 Å². The summed E-state index contributed by atoms with van der Waals surface area (Å²) in [5.41, 5.74) is 4.29. The van der Waals surface area contributed by atoms with Gasteiger partial charge in [0.1, 0.15) is 0 Å². The molecule has 0 saturated heterocycles. The fraction of sp³-hybridized carbons (Fsp3) is 0. The van der Waals surface area contributed by atoms with Gasteiger partial charge in [-0.1, -0.05) is 4.36 Å². The van der Waals surface area contributed by atoms with Crippen molar-refractivity contribution in [1.29, 1.82) is 0 Å². The molecule has 3 radical (unpaired) electrons. The third-order valence-electron chi connectivity index (χ3n) is 0.165. The van der Waals surface area contributed by atoms with Gasteiger partial charge in [0.05, 0.1) is 0 Å². The maximum atomic E-state index is 9.47. The summed E-state index contributed by atoms with van der Waals surface area (Å²) < 4.78 is 21.0. The molecule has 2 N–H and O–H groups in total. The number of nitrogens with two attached hydrogens (primary N) is 1. The summed E-state index contributed by atoms with van der Waals surface area (Å²) in [7, 11) is -2.70. The smallest absolute Gasteiger partial charge is 0.349 e. The van der Waals surface area contributed by atoms with E-state index in [1.54, 1.807) is 0 Å². The van der Waals surface area contributed by atoms with Crippen LogP contribution in [0.3, 0.4) is 0 Å². The molecule has 43 valence electrons. The van der Waals surface area contributed by atoms with Crippen molar-refractivity contribution in [2.24, 2.45) is 10.1 Å². The van der Waals surface area contributed by atoms with Gasteiger partial charge < -0.3 is 5.73 Å². The fourth-order valence-electron chi connectivity index (χ4n) is 0.0735. The minimum absolute atomic E-state index is 0. The van der Waals surface area contributed by atoms with Gasteiger partial charge in [0.2, 0.25) is 0 Å². The predicted octanol–water partition coefficient (Wildman–Crippen LogP) is -1.25. The lowest BCUT2D eigenvalue weighted by molar-refractivity contribution is 0.257. The molecule has 0 saturated carbocycles. The Morgan fingerprint density at radius 3 is 1.88 bits per heavy atom. The van der Waals surface area contributed by atoms with Crippen LogP contribution < -0.4 is 5.73 Å². The summed E-state index contributed by atoms with van der Waals surface area (Å²) >= 11 is 0. The molecular formula is CH2BN2O3S. The number of hydrogen-bond acceptors (Lipinski definition) is 3. The van der Waals surface area contributed by atoms with E-state index in [9.17, 15) is 13.2 Å². The Morgan fingerprint density at radius 1 is 1.50 bits per heavy atom. The molecule has 7 heteroatoms. The van der Waals surface area contributed by atoms with E-state index in [1.165, 1.54) is 0 Å². The van der Waals surface area contributed by atoms with Crippen molar-refractivity contribution in [2.75, 3.05) is 0 Å². The summed E-state index contributed by atoms with van der Waals surface area (Å²) in [5.74, 6) is 0. The highest BCUT2D eigenvalue weighted by atomic mass is 32.2. The number of amides is 2. The lowest BCUT2D eigenvalue weighted by Crippen LogP contribution is -2.02. The molecule has 0 aromatic heterocycles. The summed E-state index contributed by atoms with van der Waals surface area (Å²) in [5, 5.41) is 0. The Hall–Kier alpha value is -0.845. The third-order valence-corrected chi connectivity index (χ3v) is 0.494. The summed E-state index contributed by atoms with van der Waals surface area (Å²) in [6, 6.07) is -1.20. The van der Waals surface area contributed by atoms with Gasteiger partial charge in [0.15, 0.2) is 0 Å². The molecule has 0 aliphatic heterocycles. The Morgan fingerprint density at radius 2 is 1.88 bits per heavy atom. The quantitative estimate of drug-likeness (QED) is 0.418. The van der Waals surface area contributed by atoms with E-state index in [4.69, 9.17) is 0 Å². The largest absolute Gasteiger partial charge is 0.353 e. The minimum Gasteiger partial charge on any atom is -0.349 e. The van der Waals surface area contributed by atoms with E-state index >= 15 is 0 Å². The van der Waals surface area contributed by atoms with Crippen LogP contribution in [0.15, 0.2) is 4.36 Å². The number of rotatable bonds is 0. The molecule has 0 spiro atoms. The van der Waals surface area contributed by atoms with Gasteiger partial charge >= 0.3 is 16.5 Å². The predicted molar refractivity (Wildman–Crippen MR) is 26.7 cm³/mol. The molecule has 0 aliphatic carbocycles. The molecule has 0 atom stereocenters. The van der Waals surface area contributed by atoms with E-state index in [1.807, 2.05) is 0 Å². The van der Waals surface area contributed by atoms with E-state index < -0.39 is 16.5 Å². The van der Waals surface area contributed by atoms with Crippen molar-refractivity contribution in [3.8, 4) is 0 Å². The van der Waals surface area contributed by atoms with E-state index in [0.29, 0.717) is 0 Å². The van der Waals surface area contributed by atoms with Crippen LogP contribution in [0.25, 0.3) is 0 Å². The van der Waals surface area contributed by atoms with Gasteiger partial charge in [-0.2, -0.15) is 8.42 Å². The van der Waals surface area contributed by atoms with Crippen molar-refractivity contribution in [3.05, 3.63) is 0 Å². The van der Waals surface area contributed by atoms with E-state index in [0.717, 1.165) is 0 Å². The van der Waals surface area contributed by atoms with Crippen LogP contribution in [-0.4, -0.2) is 22.9 Å². The highest BCUT2D eigenvalue weighted by Gasteiger charge is 1.80. The Balaban J connectivity index is 0. The Kier molecular flexibility index (Phi) is 5.50. The lowest BCUT2D eigenvalue weighted by Gasteiger charge is -1.64. The van der Waals surface area contributed by atoms with Crippen molar-refractivity contribution in [1.82, 2.24) is 0 Å². The molecule has 5 nitrogen and oxygen atoms in total. The van der Waals surface area contributed by atoms with Gasteiger partial charge in [0, 0.05) is 8.41 Å². The van der Waals surface area contributed by atoms with Crippen molar-refractivity contribution < 1.29 is 13.2 Å². The van der Waals surface area contributed by atoms with E-state index in [2.05, 4.69) is 10.1 Å². The molecule has 2 amide bonds. The molecular weight excluding hydrogens is 131 g/mol. The highest BCUT2D eigenvalue weighted by Crippen LogP contribution is 1.60. The van der Waals surface area contributed by atoms with Crippen molar-refractivity contribution >= 4 is 24.9 Å². The average Bonchev–Trinajstić information content (AvgIpc) is 1.27. The summed E-state index contributed by atoms with van der Waals surface area (Å²) in [4.78, 5) is 9.47. The first-order valence-electron chi connectivity index (χ1n) is 1.23. The van der Waals surface area contributed by atoms with Gasteiger partial charge in [-0.25, -0.2) is 4.79 Å². The second kappa shape index (κ2) is 4.32. The number of nitrogens with zero attached hydrogens (tertiary/aromatic N) is 1. The zero-order chi connectivity index (χ0) is 5.86. The van der Waals surface area contributed by atoms with Crippen LogP contribution in [0.1, 0.15) is 0 Å². The number of primary amides is 1. The zero-order valence-electron chi connectivity index (χ0n) is 3.73. The minimum atomic E-state index is -2.70. The zero-order valence-corrected chi connectivity index (χ0v) is 4.55. The molecule has 8 heavy (non-hydrogen) atoms. The van der Waals surface area contributed by atoms with Gasteiger partial charge in [-0.15, -0.1) is 0 Å². The number of carbonyl (C=O) groups is 1. The molecule has 0 aromatic carbocycles. The molecule has 0 unspecified atom stereocenters. The van der Waals surface area contributed by atoms with Crippen LogP contribution >= 0.6 is 0 Å². The SMILES string of the molecule is NC(=O)N=S(=O)=O.[B]. The fourth-order valence-corrected chi connectivity index (χ4v) is 0.220. The Bertz CT molecular complexity index is 185. The van der Waals surface area contributed by atoms with Crippen LogP contribution in [0.4, 0.5) is 4.79 Å². The first-order valence-corrected chi connectivity index (χ1v) is 2.26. The summed E-state index contributed by atoms with van der Waals surface area (Å²) in [6.45, 7) is 0. The molecule has 0 aliphatic rings. The Labute approximate surface area is 49.2 Å². The number of urea groups is 1. The first kappa shape index (κ1) is 10.2. The maximum Gasteiger partial charge on any atom is 0.353 e. The van der Waals surface area contributed by atoms with Gasteiger partial charge in [-0.05, 0) is 0 Å². The van der Waals surface area contributed by atoms with Crippen LogP contribution in [0.5, 0.6) is 0 Å². The van der Waals surface area contributed by atoms with Gasteiger partial charge in [0.25, 0.3) is 0 Å². The lowest BCUT2D eigenvalue weighted by atomic mass is 10.8.